The van der Waals surface area contributed by atoms with Crippen LogP contribution in [-0.4, -0.2) is 36.8 Å². The first-order chi connectivity index (χ1) is 14.5. The van der Waals surface area contributed by atoms with Crippen LogP contribution in [0.1, 0.15) is 5.56 Å². The number of methoxy groups -OCH3 is 2. The minimum atomic E-state index is -0.0735. The zero-order chi connectivity index (χ0) is 21.7. The summed E-state index contributed by atoms with van der Waals surface area (Å²) in [5.41, 5.74) is 2.21. The highest BCUT2D eigenvalue weighted by Crippen LogP contribution is 2.36. The second-order valence-corrected chi connectivity index (χ2v) is 7.67. The standard InChI is InChI=1S/C21H19Cl2N3O3S/c1-4-7-24-21-26(17(12-30-21)15-6-5-14(22)10-16(15)23)25-11-13-8-18(28-2)20(27)19(9-13)29-3/h4-6,8-12,27H,1,7H2,2-3H3. The number of thiazole rings is 1. The summed E-state index contributed by atoms with van der Waals surface area (Å²) in [5, 5.41) is 17.7. The highest BCUT2D eigenvalue weighted by Gasteiger charge is 2.13. The number of ether oxygens (including phenoxy) is 2. The molecule has 2 aromatic carbocycles. The summed E-state index contributed by atoms with van der Waals surface area (Å²) in [6.07, 6.45) is 3.33. The van der Waals surface area contributed by atoms with E-state index in [0.717, 1.165) is 11.3 Å². The molecule has 0 saturated carbocycles. The molecule has 0 radical (unpaired) electrons. The second kappa shape index (κ2) is 9.84. The van der Waals surface area contributed by atoms with Gasteiger partial charge >= 0.3 is 0 Å². The van der Waals surface area contributed by atoms with Crippen LogP contribution in [0.15, 0.2) is 58.5 Å². The Kier molecular flexibility index (Phi) is 7.20. The van der Waals surface area contributed by atoms with Gasteiger partial charge in [-0.15, -0.1) is 17.9 Å². The summed E-state index contributed by atoms with van der Waals surface area (Å²) in [6, 6.07) is 8.60. The molecule has 3 aromatic rings. The van der Waals surface area contributed by atoms with Crippen molar-refractivity contribution in [3.63, 3.8) is 0 Å². The molecule has 0 unspecified atom stereocenters. The predicted molar refractivity (Wildman–Crippen MR) is 123 cm³/mol. The van der Waals surface area contributed by atoms with Crippen molar-refractivity contribution in [1.29, 1.82) is 0 Å². The first-order valence-electron chi connectivity index (χ1n) is 8.75. The van der Waals surface area contributed by atoms with Crippen LogP contribution in [0.3, 0.4) is 0 Å². The number of aromatic nitrogens is 1. The zero-order valence-electron chi connectivity index (χ0n) is 16.3. The van der Waals surface area contributed by atoms with Crippen molar-refractivity contribution >= 4 is 40.8 Å². The highest BCUT2D eigenvalue weighted by atomic mass is 35.5. The number of benzene rings is 2. The van der Waals surface area contributed by atoms with E-state index in [1.165, 1.54) is 25.6 Å². The summed E-state index contributed by atoms with van der Waals surface area (Å²) in [4.78, 5) is 5.17. The number of halogens is 2. The molecular formula is C21H19Cl2N3O3S. The Labute approximate surface area is 188 Å². The van der Waals surface area contributed by atoms with Crippen LogP contribution in [0.4, 0.5) is 0 Å². The summed E-state index contributed by atoms with van der Waals surface area (Å²) >= 11 is 13.9. The number of phenols is 1. The van der Waals surface area contributed by atoms with Crippen molar-refractivity contribution in [3.05, 3.63) is 68.8 Å². The highest BCUT2D eigenvalue weighted by molar-refractivity contribution is 7.07. The molecule has 0 fully saturated rings. The molecule has 156 valence electrons. The molecule has 0 aliphatic carbocycles. The van der Waals surface area contributed by atoms with Crippen LogP contribution in [0, 0.1) is 0 Å². The molecule has 30 heavy (non-hydrogen) atoms. The first-order valence-corrected chi connectivity index (χ1v) is 10.4. The maximum Gasteiger partial charge on any atom is 0.206 e. The van der Waals surface area contributed by atoms with Crippen LogP contribution in [0.2, 0.25) is 10.0 Å². The normalized spacial score (nSPS) is 11.8. The largest absolute Gasteiger partial charge is 0.502 e. The number of nitrogens with zero attached hydrogens (tertiary/aromatic N) is 3. The molecule has 0 saturated heterocycles. The Morgan fingerprint density at radius 1 is 1.17 bits per heavy atom. The van der Waals surface area contributed by atoms with Gasteiger partial charge < -0.3 is 14.6 Å². The first kappa shape index (κ1) is 22.0. The molecule has 3 rings (SSSR count). The van der Waals surface area contributed by atoms with Crippen molar-refractivity contribution in [1.82, 2.24) is 4.68 Å². The average Bonchev–Trinajstić information content (AvgIpc) is 3.13. The van der Waals surface area contributed by atoms with E-state index in [1.807, 2.05) is 11.4 Å². The van der Waals surface area contributed by atoms with Crippen LogP contribution >= 0.6 is 34.5 Å². The third-order valence-corrected chi connectivity index (χ3v) is 5.47. The number of rotatable bonds is 7. The Hall–Kier alpha value is -2.74. The zero-order valence-corrected chi connectivity index (χ0v) is 18.6. The molecule has 0 aliphatic rings. The fourth-order valence-electron chi connectivity index (χ4n) is 2.66. The van der Waals surface area contributed by atoms with Crippen molar-refractivity contribution in [3.8, 4) is 28.5 Å². The van der Waals surface area contributed by atoms with Crippen molar-refractivity contribution < 1.29 is 14.6 Å². The van der Waals surface area contributed by atoms with Gasteiger partial charge in [-0.1, -0.05) is 29.3 Å². The van der Waals surface area contributed by atoms with E-state index in [9.17, 15) is 5.11 Å². The maximum absolute atomic E-state index is 10.1. The number of hydrogen-bond acceptors (Lipinski definition) is 6. The summed E-state index contributed by atoms with van der Waals surface area (Å²) < 4.78 is 12.1. The average molecular weight is 464 g/mol. The van der Waals surface area contributed by atoms with Crippen LogP contribution in [0.25, 0.3) is 11.3 Å². The van der Waals surface area contributed by atoms with E-state index in [-0.39, 0.29) is 17.2 Å². The van der Waals surface area contributed by atoms with Gasteiger partial charge in [0.15, 0.2) is 11.5 Å². The molecule has 0 atom stereocenters. The lowest BCUT2D eigenvalue weighted by atomic mass is 10.2. The van der Waals surface area contributed by atoms with Gasteiger partial charge in [0, 0.05) is 21.5 Å². The van der Waals surface area contributed by atoms with E-state index in [1.54, 1.807) is 41.2 Å². The minimum absolute atomic E-state index is 0.0735. The van der Waals surface area contributed by atoms with Gasteiger partial charge in [-0.2, -0.15) is 5.10 Å². The molecule has 1 heterocycles. The van der Waals surface area contributed by atoms with E-state index < -0.39 is 0 Å². The fourth-order valence-corrected chi connectivity index (χ4v) is 4.00. The van der Waals surface area contributed by atoms with Gasteiger partial charge in [-0.25, -0.2) is 4.68 Å². The van der Waals surface area contributed by atoms with Gasteiger partial charge in [0.05, 0.1) is 37.7 Å². The SMILES string of the molecule is C=CCN=c1scc(-c2ccc(Cl)cc2Cl)n1N=Cc1cc(OC)c(O)c(OC)c1. The Morgan fingerprint density at radius 3 is 2.47 bits per heavy atom. The van der Waals surface area contributed by atoms with Gasteiger partial charge in [0.2, 0.25) is 10.6 Å². The van der Waals surface area contributed by atoms with Crippen LogP contribution in [-0.2, 0) is 0 Å². The molecule has 0 spiro atoms. The molecular weight excluding hydrogens is 445 g/mol. The van der Waals surface area contributed by atoms with E-state index in [4.69, 9.17) is 32.7 Å². The molecule has 0 aliphatic heterocycles. The smallest absolute Gasteiger partial charge is 0.206 e. The second-order valence-electron chi connectivity index (χ2n) is 5.99. The van der Waals surface area contributed by atoms with Gasteiger partial charge in [-0.05, 0) is 30.3 Å². The molecule has 9 heteroatoms. The van der Waals surface area contributed by atoms with Crippen molar-refractivity contribution in [2.75, 3.05) is 20.8 Å². The van der Waals surface area contributed by atoms with E-state index in [0.29, 0.717) is 27.0 Å². The number of phenolic OH excluding ortho intramolecular Hbond substituents is 1. The van der Waals surface area contributed by atoms with Crippen LogP contribution < -0.4 is 14.3 Å². The van der Waals surface area contributed by atoms with Gasteiger partial charge in [-0.3, -0.25) is 4.99 Å². The minimum Gasteiger partial charge on any atom is -0.502 e. The third kappa shape index (κ3) is 4.70. The lowest BCUT2D eigenvalue weighted by Crippen LogP contribution is -2.12. The summed E-state index contributed by atoms with van der Waals surface area (Å²) in [6.45, 7) is 4.16. The number of hydrogen-bond donors (Lipinski definition) is 1. The predicted octanol–water partition coefficient (Wildman–Crippen LogP) is 5.22. The van der Waals surface area contributed by atoms with Crippen molar-refractivity contribution in [2.45, 2.75) is 0 Å². The van der Waals surface area contributed by atoms with E-state index >= 15 is 0 Å². The van der Waals surface area contributed by atoms with Gasteiger partial charge in [0.25, 0.3) is 0 Å². The topological polar surface area (TPSA) is 68.3 Å². The fraction of sp³-hybridized carbons (Fsp3) is 0.143. The molecule has 0 bridgehead atoms. The molecule has 0 amide bonds. The van der Waals surface area contributed by atoms with E-state index in [2.05, 4.69) is 16.7 Å². The molecule has 6 nitrogen and oxygen atoms in total. The molecule has 1 N–H and O–H groups in total. The number of aromatic hydroxyl groups is 1. The quantitative estimate of drug-likeness (QED) is 0.385. The van der Waals surface area contributed by atoms with Crippen molar-refractivity contribution in [2.24, 2.45) is 10.1 Å². The van der Waals surface area contributed by atoms with Gasteiger partial charge in [0.1, 0.15) is 0 Å². The molecule has 1 aromatic heterocycles. The monoisotopic (exact) mass is 463 g/mol. The lowest BCUT2D eigenvalue weighted by molar-refractivity contribution is 0.340. The Morgan fingerprint density at radius 2 is 1.87 bits per heavy atom. The lowest BCUT2D eigenvalue weighted by Gasteiger charge is -2.09. The third-order valence-electron chi connectivity index (χ3n) is 4.07. The summed E-state index contributed by atoms with van der Waals surface area (Å²) in [7, 11) is 2.94. The Bertz CT molecular complexity index is 1140. The Balaban J connectivity index is 2.13. The van der Waals surface area contributed by atoms with Crippen LogP contribution in [0.5, 0.6) is 17.2 Å². The summed E-state index contributed by atoms with van der Waals surface area (Å²) in [5.74, 6) is 0.489. The maximum atomic E-state index is 10.1.